The number of carbonyl (C=O) groups is 3. The van der Waals surface area contributed by atoms with Crippen molar-refractivity contribution in [3.05, 3.63) is 54.4 Å². The van der Waals surface area contributed by atoms with Gasteiger partial charge in [0, 0.05) is 25.8 Å². The second-order valence-electron chi connectivity index (χ2n) is 8.88. The standard InChI is InChI=1S/C21H25N3O4.2C2HF3O2/c1-26-19-6-4-17(5-7-19)12-23-9-10-27-16-21(14-23)15-24(20(25)13-28-21)18-3-2-8-22-11-18;2*3-2(4,5)1(6)7/h2-8,11H,9-10,12-16H2,1H3;2*(H,6,7). The quantitative estimate of drug-likeness (QED) is 0.497. The number of amides is 1. The van der Waals surface area contributed by atoms with Crippen molar-refractivity contribution in [1.29, 1.82) is 0 Å². The van der Waals surface area contributed by atoms with Gasteiger partial charge in [-0.05, 0) is 29.8 Å². The zero-order valence-electron chi connectivity index (χ0n) is 22.0. The Morgan fingerprint density at radius 1 is 1.02 bits per heavy atom. The third-order valence-electron chi connectivity index (χ3n) is 5.69. The number of carboxylic acid groups (broad SMARTS) is 2. The minimum absolute atomic E-state index is 0.0502. The van der Waals surface area contributed by atoms with Crippen LogP contribution in [0.3, 0.4) is 0 Å². The lowest BCUT2D eigenvalue weighted by atomic mass is 10.0. The van der Waals surface area contributed by atoms with Gasteiger partial charge < -0.3 is 29.3 Å². The number of halogens is 6. The maximum absolute atomic E-state index is 12.4. The molecule has 1 unspecified atom stereocenters. The van der Waals surface area contributed by atoms with E-state index in [1.807, 2.05) is 24.3 Å². The number of hydrogen-bond acceptors (Lipinski definition) is 8. The van der Waals surface area contributed by atoms with Gasteiger partial charge in [-0.25, -0.2) is 9.59 Å². The molecule has 1 aromatic heterocycles. The van der Waals surface area contributed by atoms with Crippen LogP contribution in [0.2, 0.25) is 0 Å². The van der Waals surface area contributed by atoms with E-state index in [1.54, 1.807) is 24.4 Å². The number of hydrogen-bond donors (Lipinski definition) is 2. The number of nitrogens with zero attached hydrogens (tertiary/aromatic N) is 3. The number of methoxy groups -OCH3 is 1. The van der Waals surface area contributed by atoms with Crippen LogP contribution < -0.4 is 9.64 Å². The van der Waals surface area contributed by atoms with Crippen LogP contribution in [0.1, 0.15) is 5.56 Å². The Morgan fingerprint density at radius 3 is 2.12 bits per heavy atom. The van der Waals surface area contributed by atoms with Crippen molar-refractivity contribution >= 4 is 23.5 Å². The second kappa shape index (κ2) is 14.8. The summed E-state index contributed by atoms with van der Waals surface area (Å²) in [5.74, 6) is -4.72. The summed E-state index contributed by atoms with van der Waals surface area (Å²) in [4.78, 5) is 38.5. The van der Waals surface area contributed by atoms with E-state index in [1.165, 1.54) is 5.56 Å². The summed E-state index contributed by atoms with van der Waals surface area (Å²) in [6.07, 6.45) is -6.75. The largest absolute Gasteiger partial charge is 0.497 e. The molecule has 1 atom stereocenters. The summed E-state index contributed by atoms with van der Waals surface area (Å²) in [5, 5.41) is 14.2. The fourth-order valence-electron chi connectivity index (χ4n) is 3.75. The number of aliphatic carboxylic acids is 2. The van der Waals surface area contributed by atoms with Gasteiger partial charge in [0.25, 0.3) is 5.91 Å². The first-order valence-electron chi connectivity index (χ1n) is 11.9. The van der Waals surface area contributed by atoms with E-state index >= 15 is 0 Å². The lowest BCUT2D eigenvalue weighted by molar-refractivity contribution is -0.193. The monoisotopic (exact) mass is 611 g/mol. The molecular formula is C25H27F6N3O8. The fraction of sp³-hybridized carbons (Fsp3) is 0.440. The molecule has 1 amide bonds. The third-order valence-corrected chi connectivity index (χ3v) is 5.69. The van der Waals surface area contributed by atoms with Crippen molar-refractivity contribution in [1.82, 2.24) is 9.88 Å². The highest BCUT2D eigenvalue weighted by Gasteiger charge is 2.43. The summed E-state index contributed by atoms with van der Waals surface area (Å²) in [5.41, 5.74) is 1.45. The number of aromatic nitrogens is 1. The molecule has 2 saturated heterocycles. The summed E-state index contributed by atoms with van der Waals surface area (Å²) in [7, 11) is 1.67. The Labute approximate surface area is 235 Å². The average Bonchev–Trinajstić information content (AvgIpc) is 3.12. The summed E-state index contributed by atoms with van der Waals surface area (Å²) < 4.78 is 80.6. The zero-order chi connectivity index (χ0) is 31.6. The van der Waals surface area contributed by atoms with Crippen LogP contribution in [0, 0.1) is 0 Å². The van der Waals surface area contributed by atoms with Gasteiger partial charge in [0.2, 0.25) is 0 Å². The Bertz CT molecular complexity index is 1160. The van der Waals surface area contributed by atoms with Gasteiger partial charge in [0.1, 0.15) is 18.0 Å². The number of alkyl halides is 6. The zero-order valence-corrected chi connectivity index (χ0v) is 22.0. The minimum atomic E-state index is -5.08. The van der Waals surface area contributed by atoms with Crippen LogP contribution in [-0.4, -0.2) is 102 Å². The molecule has 2 N–H and O–H groups in total. The van der Waals surface area contributed by atoms with E-state index < -0.39 is 29.9 Å². The highest BCUT2D eigenvalue weighted by Crippen LogP contribution is 2.27. The van der Waals surface area contributed by atoms with E-state index in [-0.39, 0.29) is 12.5 Å². The average molecular weight is 611 g/mol. The van der Waals surface area contributed by atoms with Crippen molar-refractivity contribution in [2.45, 2.75) is 24.5 Å². The van der Waals surface area contributed by atoms with Gasteiger partial charge in [-0.3, -0.25) is 14.7 Å². The number of rotatable bonds is 4. The number of carbonyl (C=O) groups excluding carboxylic acids is 1. The van der Waals surface area contributed by atoms with Gasteiger partial charge in [-0.2, -0.15) is 26.3 Å². The van der Waals surface area contributed by atoms with E-state index in [0.717, 1.165) is 24.5 Å². The van der Waals surface area contributed by atoms with Crippen LogP contribution in [0.5, 0.6) is 5.75 Å². The van der Waals surface area contributed by atoms with Crippen LogP contribution in [-0.2, 0) is 30.4 Å². The third kappa shape index (κ3) is 10.8. The predicted octanol–water partition coefficient (Wildman–Crippen LogP) is 2.99. The van der Waals surface area contributed by atoms with Crippen molar-refractivity contribution in [3.63, 3.8) is 0 Å². The first kappa shape index (κ1) is 34.2. The molecule has 11 nitrogen and oxygen atoms in total. The van der Waals surface area contributed by atoms with Crippen molar-refractivity contribution in [3.8, 4) is 5.75 Å². The van der Waals surface area contributed by atoms with Gasteiger partial charge >= 0.3 is 24.3 Å². The molecule has 2 aliphatic rings. The topological polar surface area (TPSA) is 139 Å². The number of anilines is 1. The molecule has 0 saturated carbocycles. The fourth-order valence-corrected chi connectivity index (χ4v) is 3.75. The first-order chi connectivity index (χ1) is 19.6. The Kier molecular flexibility index (Phi) is 12.1. The second-order valence-corrected chi connectivity index (χ2v) is 8.88. The Hall–Kier alpha value is -3.96. The predicted molar refractivity (Wildman–Crippen MR) is 132 cm³/mol. The first-order valence-corrected chi connectivity index (χ1v) is 11.9. The molecule has 0 bridgehead atoms. The number of pyridine rings is 1. The van der Waals surface area contributed by atoms with Gasteiger partial charge in [-0.1, -0.05) is 12.1 Å². The van der Waals surface area contributed by atoms with Crippen molar-refractivity contribution in [2.75, 3.05) is 51.5 Å². The van der Waals surface area contributed by atoms with E-state index in [4.69, 9.17) is 34.0 Å². The van der Waals surface area contributed by atoms with Gasteiger partial charge in [0.15, 0.2) is 0 Å². The van der Waals surface area contributed by atoms with E-state index in [0.29, 0.717) is 26.3 Å². The molecular weight excluding hydrogens is 584 g/mol. The van der Waals surface area contributed by atoms with Crippen LogP contribution in [0.15, 0.2) is 48.8 Å². The molecule has 2 fully saturated rings. The highest BCUT2D eigenvalue weighted by atomic mass is 19.4. The molecule has 1 spiro atoms. The summed E-state index contributed by atoms with van der Waals surface area (Å²) >= 11 is 0. The van der Waals surface area contributed by atoms with E-state index in [2.05, 4.69) is 22.0 Å². The molecule has 3 heterocycles. The van der Waals surface area contributed by atoms with Gasteiger partial charge in [0.05, 0.1) is 38.8 Å². The molecule has 0 radical (unpaired) electrons. The Morgan fingerprint density at radius 2 is 1.62 bits per heavy atom. The molecule has 4 rings (SSSR count). The van der Waals surface area contributed by atoms with E-state index in [9.17, 15) is 31.1 Å². The number of benzene rings is 1. The molecule has 1 aromatic carbocycles. The molecule has 0 aliphatic carbocycles. The van der Waals surface area contributed by atoms with Crippen molar-refractivity contribution < 1.29 is 65.1 Å². The lowest BCUT2D eigenvalue weighted by Gasteiger charge is -2.43. The smallest absolute Gasteiger partial charge is 0.490 e. The normalized spacial score (nSPS) is 19.5. The maximum Gasteiger partial charge on any atom is 0.490 e. The maximum atomic E-state index is 12.4. The SMILES string of the molecule is COc1ccc(CN2CCOCC3(C2)CN(c2cccnc2)C(=O)CO3)cc1.O=C(O)C(F)(F)F.O=C(O)C(F)(F)F. The lowest BCUT2D eigenvalue weighted by Crippen LogP contribution is -2.60. The van der Waals surface area contributed by atoms with Crippen LogP contribution in [0.4, 0.5) is 32.0 Å². The summed E-state index contributed by atoms with van der Waals surface area (Å²) in [6, 6.07) is 11.8. The molecule has 42 heavy (non-hydrogen) atoms. The van der Waals surface area contributed by atoms with Crippen LogP contribution >= 0.6 is 0 Å². The molecule has 2 aromatic rings. The van der Waals surface area contributed by atoms with Crippen molar-refractivity contribution in [2.24, 2.45) is 0 Å². The van der Waals surface area contributed by atoms with Crippen LogP contribution in [0.25, 0.3) is 0 Å². The summed E-state index contributed by atoms with van der Waals surface area (Å²) in [6.45, 7) is 3.92. The molecule has 2 aliphatic heterocycles. The number of carboxylic acids is 2. The molecule has 232 valence electrons. The minimum Gasteiger partial charge on any atom is -0.497 e. The Balaban J connectivity index is 0.000000367. The number of morpholine rings is 1. The highest BCUT2D eigenvalue weighted by molar-refractivity contribution is 5.95. The van der Waals surface area contributed by atoms with Gasteiger partial charge in [-0.15, -0.1) is 0 Å². The molecule has 17 heteroatoms. The number of ether oxygens (including phenoxy) is 3.